The highest BCUT2D eigenvalue weighted by molar-refractivity contribution is 6.33. The number of carbonyl (C=O) groups excluding carboxylic acids is 1. The lowest BCUT2D eigenvalue weighted by atomic mass is 9.97. The highest BCUT2D eigenvalue weighted by atomic mass is 35.5. The summed E-state index contributed by atoms with van der Waals surface area (Å²) < 4.78 is 25.1. The second-order valence-electron chi connectivity index (χ2n) is 10.7. The van der Waals surface area contributed by atoms with Crippen molar-refractivity contribution < 1.29 is 18.3 Å². The fourth-order valence-corrected chi connectivity index (χ4v) is 6.25. The number of piperazine rings is 1. The van der Waals surface area contributed by atoms with Gasteiger partial charge in [0, 0.05) is 62.0 Å². The Morgan fingerprint density at radius 1 is 1.17 bits per heavy atom. The second-order valence-corrected chi connectivity index (χ2v) is 11.6. The van der Waals surface area contributed by atoms with Crippen molar-refractivity contribution >= 4 is 35.0 Å². The molecule has 0 aliphatic carbocycles. The fourth-order valence-electron chi connectivity index (χ4n) is 5.80. The summed E-state index contributed by atoms with van der Waals surface area (Å²) in [4.78, 5) is 23.1. The van der Waals surface area contributed by atoms with Gasteiger partial charge in [0.05, 0.1) is 10.6 Å². The van der Waals surface area contributed by atoms with Gasteiger partial charge >= 0.3 is 5.97 Å². The lowest BCUT2D eigenvalue weighted by molar-refractivity contribution is -0.146. The minimum absolute atomic E-state index is 0.209. The molecule has 2 fully saturated rings. The molecule has 0 saturated carbocycles. The van der Waals surface area contributed by atoms with E-state index < -0.39 is 12.1 Å². The number of hydrogen-bond acceptors (Lipinski definition) is 9. The van der Waals surface area contributed by atoms with Crippen molar-refractivity contribution in [2.24, 2.45) is 0 Å². The van der Waals surface area contributed by atoms with Crippen LogP contribution in [0.3, 0.4) is 0 Å². The van der Waals surface area contributed by atoms with Gasteiger partial charge in [0.1, 0.15) is 11.6 Å². The number of aromatic nitrogens is 3. The van der Waals surface area contributed by atoms with Crippen LogP contribution in [0.25, 0.3) is 11.5 Å². The van der Waals surface area contributed by atoms with Gasteiger partial charge in [0.2, 0.25) is 5.89 Å². The molecule has 2 saturated heterocycles. The smallest absolute Gasteiger partial charge is 0.303 e. The Labute approximate surface area is 249 Å². The largest absolute Gasteiger partial charge is 0.453 e. The molecule has 12 heteroatoms. The summed E-state index contributed by atoms with van der Waals surface area (Å²) in [7, 11) is 0. The van der Waals surface area contributed by atoms with E-state index in [0.717, 1.165) is 57.8 Å². The summed E-state index contributed by atoms with van der Waals surface area (Å²) in [5, 5.41) is 9.00. The van der Waals surface area contributed by atoms with Crippen LogP contribution in [0.15, 0.2) is 34.9 Å². The van der Waals surface area contributed by atoms with Crippen molar-refractivity contribution in [3.8, 4) is 11.5 Å². The number of ether oxygens (including phenoxy) is 1. The lowest BCUT2D eigenvalue weighted by Crippen LogP contribution is -2.58. The van der Waals surface area contributed by atoms with Crippen molar-refractivity contribution in [3.63, 3.8) is 0 Å². The van der Waals surface area contributed by atoms with Crippen LogP contribution < -0.4 is 4.90 Å². The third-order valence-electron chi connectivity index (χ3n) is 7.93. The molecule has 2 aliphatic rings. The van der Waals surface area contributed by atoms with Gasteiger partial charge in [0.15, 0.2) is 6.10 Å². The Bertz CT molecular complexity index is 1370. The van der Waals surface area contributed by atoms with Crippen LogP contribution in [0, 0.1) is 5.82 Å². The van der Waals surface area contributed by atoms with E-state index in [2.05, 4.69) is 36.8 Å². The number of anilines is 1. The number of pyridine rings is 1. The molecule has 1 aromatic carbocycles. The summed E-state index contributed by atoms with van der Waals surface area (Å²) >= 11 is 12.6. The number of halogens is 3. The van der Waals surface area contributed by atoms with Crippen LogP contribution in [0.2, 0.25) is 10.0 Å². The molecule has 2 aromatic heterocycles. The third-order valence-corrected chi connectivity index (χ3v) is 8.45. The number of rotatable bonds is 8. The maximum Gasteiger partial charge on any atom is 0.303 e. The molecule has 0 radical (unpaired) electrons. The van der Waals surface area contributed by atoms with E-state index in [9.17, 15) is 9.18 Å². The van der Waals surface area contributed by atoms with Crippen LogP contribution in [0.5, 0.6) is 0 Å². The van der Waals surface area contributed by atoms with Crippen molar-refractivity contribution in [1.82, 2.24) is 25.0 Å². The van der Waals surface area contributed by atoms with Gasteiger partial charge in [-0.25, -0.2) is 9.37 Å². The predicted molar refractivity (Wildman–Crippen MR) is 155 cm³/mol. The van der Waals surface area contributed by atoms with E-state index in [1.807, 2.05) is 0 Å². The Morgan fingerprint density at radius 2 is 1.95 bits per heavy atom. The molecule has 0 amide bonds. The molecule has 4 heterocycles. The number of hydrogen-bond donors (Lipinski definition) is 0. The molecule has 2 atom stereocenters. The molecular weight excluding hydrogens is 570 g/mol. The summed E-state index contributed by atoms with van der Waals surface area (Å²) in [5.74, 6) is 0.550. The SMILES string of the molecule is CCC1CN(c2ncc(-c3nnc(C(C)OC(C)=O)o3)cc2Cl)CCN1C1CCN(Cc2ccc(Cl)cc2F)CC1. The summed E-state index contributed by atoms with van der Waals surface area (Å²) in [5.41, 5.74) is 1.29. The quantitative estimate of drug-likeness (QED) is 0.297. The topological polar surface area (TPSA) is 87.8 Å². The highest BCUT2D eigenvalue weighted by Crippen LogP contribution is 2.32. The van der Waals surface area contributed by atoms with E-state index in [-0.39, 0.29) is 17.6 Å². The molecule has 220 valence electrons. The van der Waals surface area contributed by atoms with Crippen LogP contribution in [-0.2, 0) is 16.1 Å². The molecular formula is C29H35Cl2FN6O3. The predicted octanol–water partition coefficient (Wildman–Crippen LogP) is 5.77. The molecule has 0 bridgehead atoms. The first-order valence-corrected chi connectivity index (χ1v) is 14.8. The van der Waals surface area contributed by atoms with E-state index in [1.165, 1.54) is 13.0 Å². The van der Waals surface area contributed by atoms with Gasteiger partial charge in [-0.05, 0) is 57.5 Å². The average molecular weight is 606 g/mol. The molecule has 41 heavy (non-hydrogen) atoms. The van der Waals surface area contributed by atoms with Gasteiger partial charge in [-0.3, -0.25) is 14.6 Å². The zero-order valence-corrected chi connectivity index (χ0v) is 25.0. The second kappa shape index (κ2) is 13.0. The Hall–Kier alpha value is -2.79. The summed E-state index contributed by atoms with van der Waals surface area (Å²) in [6, 6.07) is 7.59. The van der Waals surface area contributed by atoms with Crippen LogP contribution >= 0.6 is 23.2 Å². The average Bonchev–Trinajstić information content (AvgIpc) is 3.45. The van der Waals surface area contributed by atoms with E-state index in [1.54, 1.807) is 31.3 Å². The summed E-state index contributed by atoms with van der Waals surface area (Å²) in [6.07, 6.45) is 4.18. The normalized spacial score (nSPS) is 19.9. The monoisotopic (exact) mass is 604 g/mol. The first-order valence-electron chi connectivity index (χ1n) is 14.0. The third kappa shape index (κ3) is 6.99. The number of likely N-dealkylation sites (tertiary alicyclic amines) is 1. The molecule has 3 aromatic rings. The standard InChI is InChI=1S/C29H35Cl2FN6O3/c1-4-23-17-37(27-25(31)13-21(15-33-27)29-35-34-28(41-29)18(2)40-19(3)39)11-12-38(23)24-7-9-36(10-8-24)16-20-5-6-22(30)14-26(20)32/h5-6,13-15,18,23-24H,4,7-12,16-17H2,1-3H3. The molecule has 2 aliphatic heterocycles. The Balaban J connectivity index is 1.18. The number of nitrogens with zero attached hydrogens (tertiary/aromatic N) is 6. The fraction of sp³-hybridized carbons (Fsp3) is 0.517. The Kier molecular flexibility index (Phi) is 9.43. The van der Waals surface area contributed by atoms with Gasteiger partial charge in [-0.15, -0.1) is 10.2 Å². The number of benzene rings is 1. The van der Waals surface area contributed by atoms with Gasteiger partial charge in [-0.1, -0.05) is 36.2 Å². The molecule has 0 spiro atoms. The maximum absolute atomic E-state index is 14.3. The summed E-state index contributed by atoms with van der Waals surface area (Å²) in [6.45, 7) is 10.3. The van der Waals surface area contributed by atoms with Gasteiger partial charge in [-0.2, -0.15) is 0 Å². The number of piperidine rings is 1. The van der Waals surface area contributed by atoms with Crippen molar-refractivity contribution in [3.05, 3.63) is 57.8 Å². The first kappa shape index (κ1) is 29.7. The minimum atomic E-state index is -0.641. The van der Waals surface area contributed by atoms with E-state index in [4.69, 9.17) is 32.4 Å². The van der Waals surface area contributed by atoms with Crippen LogP contribution in [0.1, 0.15) is 57.6 Å². The van der Waals surface area contributed by atoms with Crippen LogP contribution in [-0.4, -0.2) is 75.8 Å². The van der Waals surface area contributed by atoms with E-state index >= 15 is 0 Å². The number of carbonyl (C=O) groups is 1. The van der Waals surface area contributed by atoms with Crippen LogP contribution in [0.4, 0.5) is 10.2 Å². The van der Waals surface area contributed by atoms with Crippen molar-refractivity contribution in [2.45, 2.75) is 64.8 Å². The van der Waals surface area contributed by atoms with Crippen molar-refractivity contribution in [1.29, 1.82) is 0 Å². The molecule has 5 rings (SSSR count). The lowest BCUT2D eigenvalue weighted by Gasteiger charge is -2.47. The maximum atomic E-state index is 14.3. The highest BCUT2D eigenvalue weighted by Gasteiger charge is 2.34. The zero-order chi connectivity index (χ0) is 29.1. The molecule has 2 unspecified atom stereocenters. The molecule has 9 nitrogen and oxygen atoms in total. The number of esters is 1. The van der Waals surface area contributed by atoms with Gasteiger partial charge in [0.25, 0.3) is 5.89 Å². The zero-order valence-electron chi connectivity index (χ0n) is 23.5. The first-order chi connectivity index (χ1) is 19.7. The van der Waals surface area contributed by atoms with E-state index in [0.29, 0.717) is 39.8 Å². The van der Waals surface area contributed by atoms with Gasteiger partial charge < -0.3 is 14.1 Å². The molecule has 0 N–H and O–H groups in total. The van der Waals surface area contributed by atoms with Crippen molar-refractivity contribution in [2.75, 3.05) is 37.6 Å². The Morgan fingerprint density at radius 3 is 2.63 bits per heavy atom. The minimum Gasteiger partial charge on any atom is -0.453 e.